The number of carbonyl (C=O) groups is 2. The number of para-hydroxylation sites is 2. The molecule has 0 aliphatic carbocycles. The highest BCUT2D eigenvalue weighted by molar-refractivity contribution is 5.73. The summed E-state index contributed by atoms with van der Waals surface area (Å²) in [6, 6.07) is 17.6. The van der Waals surface area contributed by atoms with Crippen molar-refractivity contribution >= 4 is 12.2 Å². The molecule has 6 nitrogen and oxygen atoms in total. The Morgan fingerprint density at radius 3 is 1.40 bits per heavy atom. The molecule has 0 spiro atoms. The third-order valence-electron chi connectivity index (χ3n) is 3.52. The van der Waals surface area contributed by atoms with Gasteiger partial charge in [0.15, 0.2) is 0 Å². The van der Waals surface area contributed by atoms with E-state index in [-0.39, 0.29) is 6.67 Å². The van der Waals surface area contributed by atoms with Gasteiger partial charge in [-0.15, -0.1) is 0 Å². The average Bonchev–Trinajstić information content (AvgIpc) is 2.64. The van der Waals surface area contributed by atoms with Crippen molar-refractivity contribution in [1.82, 2.24) is 9.80 Å². The topological polar surface area (TPSA) is 59.1 Å². The number of carbonyl (C=O) groups excluding carboxylic acids is 2. The van der Waals surface area contributed by atoms with Crippen LogP contribution in [0.15, 0.2) is 60.7 Å². The molecule has 132 valence electrons. The normalized spacial score (nSPS) is 10.0. The fourth-order valence-corrected chi connectivity index (χ4v) is 2.09. The Labute approximate surface area is 147 Å². The van der Waals surface area contributed by atoms with Crippen LogP contribution in [-0.4, -0.2) is 41.7 Å². The molecule has 25 heavy (non-hydrogen) atoms. The van der Waals surface area contributed by atoms with E-state index in [0.29, 0.717) is 24.6 Å². The van der Waals surface area contributed by atoms with Gasteiger partial charge in [-0.1, -0.05) is 36.4 Å². The van der Waals surface area contributed by atoms with E-state index in [1.165, 1.54) is 9.80 Å². The Morgan fingerprint density at radius 2 is 1.08 bits per heavy atom. The zero-order valence-electron chi connectivity index (χ0n) is 14.4. The second-order valence-electron chi connectivity index (χ2n) is 5.22. The smallest absolute Gasteiger partial charge is 0.410 e. The molecule has 0 bridgehead atoms. The van der Waals surface area contributed by atoms with Crippen molar-refractivity contribution in [2.45, 2.75) is 13.8 Å². The first-order valence-corrected chi connectivity index (χ1v) is 8.17. The quantitative estimate of drug-likeness (QED) is 0.745. The number of hydrogen-bond acceptors (Lipinski definition) is 4. The lowest BCUT2D eigenvalue weighted by Gasteiger charge is -2.27. The minimum absolute atomic E-state index is 0.0876. The lowest BCUT2D eigenvalue weighted by atomic mass is 10.3. The van der Waals surface area contributed by atoms with Gasteiger partial charge in [0.25, 0.3) is 0 Å². The van der Waals surface area contributed by atoms with Crippen molar-refractivity contribution in [3.63, 3.8) is 0 Å². The molecule has 0 saturated carbocycles. The van der Waals surface area contributed by atoms with Crippen LogP contribution >= 0.6 is 0 Å². The van der Waals surface area contributed by atoms with Crippen LogP contribution in [0.25, 0.3) is 0 Å². The Bertz CT molecular complexity index is 617. The summed E-state index contributed by atoms with van der Waals surface area (Å²) in [6.45, 7) is 4.54. The van der Waals surface area contributed by atoms with Crippen LogP contribution in [0.1, 0.15) is 13.8 Å². The average molecular weight is 342 g/mol. The molecule has 0 saturated heterocycles. The minimum atomic E-state index is -0.514. The van der Waals surface area contributed by atoms with E-state index < -0.39 is 12.2 Å². The van der Waals surface area contributed by atoms with Crippen molar-refractivity contribution < 1.29 is 19.1 Å². The summed E-state index contributed by atoms with van der Waals surface area (Å²) >= 11 is 0. The minimum Gasteiger partial charge on any atom is -0.410 e. The van der Waals surface area contributed by atoms with E-state index in [2.05, 4.69) is 0 Å². The van der Waals surface area contributed by atoms with Crippen molar-refractivity contribution in [2.75, 3.05) is 19.8 Å². The van der Waals surface area contributed by atoms with Gasteiger partial charge in [0.1, 0.15) is 18.2 Å². The van der Waals surface area contributed by atoms with Gasteiger partial charge >= 0.3 is 12.2 Å². The number of rotatable bonds is 6. The van der Waals surface area contributed by atoms with Gasteiger partial charge in [-0.25, -0.2) is 9.59 Å². The fourth-order valence-electron chi connectivity index (χ4n) is 2.09. The van der Waals surface area contributed by atoms with Gasteiger partial charge in [-0.05, 0) is 38.1 Å². The third kappa shape index (κ3) is 5.53. The zero-order valence-corrected chi connectivity index (χ0v) is 14.4. The Morgan fingerprint density at radius 1 is 0.720 bits per heavy atom. The van der Waals surface area contributed by atoms with Crippen LogP contribution in [0.5, 0.6) is 11.5 Å². The highest BCUT2D eigenvalue weighted by atomic mass is 16.6. The molecule has 0 N–H and O–H groups in total. The first-order chi connectivity index (χ1) is 12.1. The van der Waals surface area contributed by atoms with E-state index in [4.69, 9.17) is 9.47 Å². The van der Waals surface area contributed by atoms with Gasteiger partial charge in [0.05, 0.1) is 0 Å². The first kappa shape index (κ1) is 18.3. The molecule has 2 amide bonds. The van der Waals surface area contributed by atoms with Crippen LogP contribution < -0.4 is 9.47 Å². The molecule has 6 heteroatoms. The van der Waals surface area contributed by atoms with Crippen molar-refractivity contribution in [3.05, 3.63) is 60.7 Å². The molecular weight excluding hydrogens is 320 g/mol. The predicted octanol–water partition coefficient (Wildman–Crippen LogP) is 3.99. The molecule has 0 aromatic heterocycles. The lowest BCUT2D eigenvalue weighted by Crippen LogP contribution is -2.46. The zero-order chi connectivity index (χ0) is 18.1. The van der Waals surface area contributed by atoms with E-state index in [9.17, 15) is 9.59 Å². The number of benzene rings is 2. The highest BCUT2D eigenvalue weighted by Crippen LogP contribution is 2.12. The van der Waals surface area contributed by atoms with E-state index in [1.54, 1.807) is 48.5 Å². The molecule has 0 radical (unpaired) electrons. The SMILES string of the molecule is CCN(CN(CC)C(=O)Oc1ccccc1)C(=O)Oc1ccccc1. The molecule has 2 aromatic carbocycles. The highest BCUT2D eigenvalue weighted by Gasteiger charge is 2.21. The summed E-state index contributed by atoms with van der Waals surface area (Å²) in [5.74, 6) is 0.918. The largest absolute Gasteiger partial charge is 0.416 e. The Hall–Kier alpha value is -3.02. The number of ether oxygens (including phenoxy) is 2. The third-order valence-corrected chi connectivity index (χ3v) is 3.52. The maximum atomic E-state index is 12.3. The molecule has 0 heterocycles. The van der Waals surface area contributed by atoms with Gasteiger partial charge in [-0.2, -0.15) is 0 Å². The maximum absolute atomic E-state index is 12.3. The summed E-state index contributed by atoms with van der Waals surface area (Å²) in [5.41, 5.74) is 0. The summed E-state index contributed by atoms with van der Waals surface area (Å²) in [7, 11) is 0. The monoisotopic (exact) mass is 342 g/mol. The molecule has 0 aliphatic heterocycles. The molecule has 0 atom stereocenters. The number of hydrogen-bond donors (Lipinski definition) is 0. The molecule has 0 fully saturated rings. The Kier molecular flexibility index (Phi) is 6.83. The van der Waals surface area contributed by atoms with Gasteiger partial charge in [0, 0.05) is 13.1 Å². The van der Waals surface area contributed by atoms with E-state index in [0.717, 1.165) is 0 Å². The predicted molar refractivity (Wildman–Crippen MR) is 94.6 cm³/mol. The van der Waals surface area contributed by atoms with Crippen LogP contribution in [-0.2, 0) is 0 Å². The number of amides is 2. The second kappa shape index (κ2) is 9.32. The fraction of sp³-hybridized carbons (Fsp3) is 0.263. The van der Waals surface area contributed by atoms with Crippen LogP contribution in [0.4, 0.5) is 9.59 Å². The molecule has 0 unspecified atom stereocenters. The summed E-state index contributed by atoms with van der Waals surface area (Å²) in [6.07, 6.45) is -1.03. The van der Waals surface area contributed by atoms with E-state index in [1.807, 2.05) is 26.0 Å². The lowest BCUT2D eigenvalue weighted by molar-refractivity contribution is 0.105. The van der Waals surface area contributed by atoms with Crippen molar-refractivity contribution in [3.8, 4) is 11.5 Å². The van der Waals surface area contributed by atoms with Crippen LogP contribution in [0.3, 0.4) is 0 Å². The van der Waals surface area contributed by atoms with Crippen molar-refractivity contribution in [1.29, 1.82) is 0 Å². The summed E-state index contributed by atoms with van der Waals surface area (Å²) < 4.78 is 10.6. The standard InChI is InChI=1S/C19H22N2O4/c1-3-20(18(22)24-16-11-7-5-8-12-16)15-21(4-2)19(23)25-17-13-9-6-10-14-17/h5-14H,3-4,15H2,1-2H3. The molecular formula is C19H22N2O4. The first-order valence-electron chi connectivity index (χ1n) is 8.17. The van der Waals surface area contributed by atoms with E-state index >= 15 is 0 Å². The molecule has 2 aromatic rings. The van der Waals surface area contributed by atoms with Gasteiger partial charge in [0.2, 0.25) is 0 Å². The van der Waals surface area contributed by atoms with Crippen LogP contribution in [0.2, 0.25) is 0 Å². The maximum Gasteiger partial charge on any atom is 0.416 e. The van der Waals surface area contributed by atoms with Crippen LogP contribution in [0, 0.1) is 0 Å². The second-order valence-corrected chi connectivity index (χ2v) is 5.22. The Balaban J connectivity index is 1.97. The molecule has 0 aliphatic rings. The summed E-state index contributed by atoms with van der Waals surface area (Å²) in [4.78, 5) is 27.5. The van der Waals surface area contributed by atoms with Crippen molar-refractivity contribution in [2.24, 2.45) is 0 Å². The van der Waals surface area contributed by atoms with Gasteiger partial charge in [-0.3, -0.25) is 9.80 Å². The molecule has 2 rings (SSSR count). The summed E-state index contributed by atoms with van der Waals surface area (Å²) in [5, 5.41) is 0. The number of nitrogens with zero attached hydrogens (tertiary/aromatic N) is 2. The van der Waals surface area contributed by atoms with Gasteiger partial charge < -0.3 is 9.47 Å².